The normalized spacial score (nSPS) is 20.2. The van der Waals surface area contributed by atoms with Gasteiger partial charge in [0, 0.05) is 5.92 Å². The molecule has 7 heteroatoms. The minimum atomic E-state index is -4.39. The van der Waals surface area contributed by atoms with Crippen molar-refractivity contribution in [2.75, 3.05) is 6.61 Å². The van der Waals surface area contributed by atoms with Gasteiger partial charge in [-0.3, -0.25) is 4.79 Å². The highest BCUT2D eigenvalue weighted by Gasteiger charge is 2.45. The molecule has 2 aliphatic rings. The van der Waals surface area contributed by atoms with E-state index in [9.17, 15) is 22.8 Å². The van der Waals surface area contributed by atoms with E-state index >= 15 is 0 Å². The van der Waals surface area contributed by atoms with Crippen molar-refractivity contribution >= 4 is 12.0 Å². The molecular weight excluding hydrogens is 395 g/mol. The number of amides is 2. The highest BCUT2D eigenvalue weighted by Crippen LogP contribution is 2.40. The van der Waals surface area contributed by atoms with E-state index in [1.165, 1.54) is 17.0 Å². The third kappa shape index (κ3) is 4.50. The number of halogens is 3. The molecule has 2 amide bonds. The summed E-state index contributed by atoms with van der Waals surface area (Å²) < 4.78 is 43.6. The Morgan fingerprint density at radius 3 is 2.30 bits per heavy atom. The number of nitrogens with zero attached hydrogens (tertiary/aromatic N) is 1. The average Bonchev–Trinajstić information content (AvgIpc) is 3.50. The average molecular weight is 417 g/mol. The van der Waals surface area contributed by atoms with Gasteiger partial charge in [-0.05, 0) is 54.9 Å². The number of ether oxygens (including phenoxy) is 1. The molecule has 1 aliphatic carbocycles. The van der Waals surface area contributed by atoms with E-state index in [-0.39, 0.29) is 24.5 Å². The first-order valence-corrected chi connectivity index (χ1v) is 10.0. The number of hydrogen-bond acceptors (Lipinski definition) is 3. The lowest BCUT2D eigenvalue weighted by atomic mass is 9.92. The van der Waals surface area contributed by atoms with Crippen LogP contribution in [0.2, 0.25) is 0 Å². The number of carbonyl (C=O) groups excluding carboxylic acids is 2. The van der Waals surface area contributed by atoms with Crippen molar-refractivity contribution in [3.8, 4) is 0 Å². The molecule has 0 spiro atoms. The molecular formula is C23H22F3NO3. The first-order chi connectivity index (χ1) is 14.3. The molecule has 4 nitrogen and oxygen atoms in total. The van der Waals surface area contributed by atoms with Crippen LogP contribution < -0.4 is 0 Å². The van der Waals surface area contributed by atoms with Crippen molar-refractivity contribution in [2.45, 2.75) is 37.9 Å². The van der Waals surface area contributed by atoms with Crippen molar-refractivity contribution in [1.29, 1.82) is 0 Å². The zero-order chi connectivity index (χ0) is 21.3. The molecule has 2 aromatic carbocycles. The monoisotopic (exact) mass is 417 g/mol. The molecule has 2 aromatic rings. The van der Waals surface area contributed by atoms with Crippen molar-refractivity contribution in [2.24, 2.45) is 11.8 Å². The van der Waals surface area contributed by atoms with Crippen LogP contribution in [0, 0.1) is 11.8 Å². The molecule has 2 atom stereocenters. The standard InChI is InChI=1S/C23H22F3NO3/c24-23(25,26)18-10-6-16(7-11-18)13-20(17-8-9-17)21(28)27-19(14-30-22(27)29)12-15-4-2-1-3-5-15/h1-7,10-11,17,19-20H,8-9,12-14H2/t19-,20-/m0/s1. The first kappa shape index (κ1) is 20.4. The molecule has 0 N–H and O–H groups in total. The Morgan fingerprint density at radius 1 is 1.03 bits per heavy atom. The molecule has 158 valence electrons. The van der Waals surface area contributed by atoms with E-state index < -0.39 is 23.8 Å². The minimum absolute atomic E-state index is 0.144. The van der Waals surface area contributed by atoms with Crippen molar-refractivity contribution < 1.29 is 27.5 Å². The fourth-order valence-electron chi connectivity index (χ4n) is 3.98. The molecule has 0 radical (unpaired) electrons. The summed E-state index contributed by atoms with van der Waals surface area (Å²) in [6, 6.07) is 14.1. The van der Waals surface area contributed by atoms with Crippen LogP contribution >= 0.6 is 0 Å². The number of hydrogen-bond donors (Lipinski definition) is 0. The van der Waals surface area contributed by atoms with E-state index in [0.29, 0.717) is 18.4 Å². The molecule has 4 rings (SSSR count). The largest absolute Gasteiger partial charge is 0.447 e. The predicted molar refractivity (Wildman–Crippen MR) is 103 cm³/mol. The Kier molecular flexibility index (Phi) is 5.54. The number of cyclic esters (lactones) is 1. The minimum Gasteiger partial charge on any atom is -0.447 e. The van der Waals surface area contributed by atoms with Gasteiger partial charge >= 0.3 is 12.3 Å². The summed E-state index contributed by atoms with van der Waals surface area (Å²) in [6.07, 6.45) is -2.46. The maximum atomic E-state index is 13.3. The summed E-state index contributed by atoms with van der Waals surface area (Å²) in [5.41, 5.74) is 0.941. The SMILES string of the molecule is O=C1OC[C@H](Cc2ccccc2)N1C(=O)[C@@H](Cc1ccc(C(F)(F)F)cc1)C1CC1. The van der Waals surface area contributed by atoms with Crippen LogP contribution in [0.5, 0.6) is 0 Å². The topological polar surface area (TPSA) is 46.6 Å². The second-order valence-electron chi connectivity index (χ2n) is 7.97. The van der Waals surface area contributed by atoms with Crippen LogP contribution in [0.25, 0.3) is 0 Å². The zero-order valence-electron chi connectivity index (χ0n) is 16.3. The van der Waals surface area contributed by atoms with Gasteiger partial charge in [-0.2, -0.15) is 13.2 Å². The summed E-state index contributed by atoms with van der Waals surface area (Å²) in [7, 11) is 0. The molecule has 1 saturated heterocycles. The van der Waals surface area contributed by atoms with Gasteiger partial charge < -0.3 is 4.74 Å². The third-order valence-electron chi connectivity index (χ3n) is 5.76. The van der Waals surface area contributed by atoms with Gasteiger partial charge in [0.1, 0.15) is 6.61 Å². The van der Waals surface area contributed by atoms with Gasteiger partial charge in [0.05, 0.1) is 11.6 Å². The Balaban J connectivity index is 1.50. The van der Waals surface area contributed by atoms with Gasteiger partial charge in [0.25, 0.3) is 0 Å². The van der Waals surface area contributed by atoms with Crippen molar-refractivity contribution in [3.05, 3.63) is 71.3 Å². The van der Waals surface area contributed by atoms with Crippen molar-refractivity contribution in [1.82, 2.24) is 4.90 Å². The third-order valence-corrected chi connectivity index (χ3v) is 5.76. The molecule has 0 unspecified atom stereocenters. The number of rotatable bonds is 6. The zero-order valence-corrected chi connectivity index (χ0v) is 16.3. The van der Waals surface area contributed by atoms with Crippen LogP contribution in [0.15, 0.2) is 54.6 Å². The van der Waals surface area contributed by atoms with E-state index in [2.05, 4.69) is 0 Å². The van der Waals surface area contributed by atoms with Gasteiger partial charge in [0.2, 0.25) is 5.91 Å². The maximum Gasteiger partial charge on any atom is 0.416 e. The van der Waals surface area contributed by atoms with Gasteiger partial charge in [-0.15, -0.1) is 0 Å². The van der Waals surface area contributed by atoms with Crippen LogP contribution in [-0.2, 0) is 28.5 Å². The Labute approximate surface area is 172 Å². The summed E-state index contributed by atoms with van der Waals surface area (Å²) in [5.74, 6) is -0.586. The second kappa shape index (κ2) is 8.13. The fourth-order valence-corrected chi connectivity index (χ4v) is 3.98. The smallest absolute Gasteiger partial charge is 0.416 e. The van der Waals surface area contributed by atoms with Crippen LogP contribution in [0.3, 0.4) is 0 Å². The Hall–Kier alpha value is -2.83. The number of alkyl halides is 3. The first-order valence-electron chi connectivity index (χ1n) is 10.0. The summed E-state index contributed by atoms with van der Waals surface area (Å²) >= 11 is 0. The molecule has 30 heavy (non-hydrogen) atoms. The number of imide groups is 1. The summed E-state index contributed by atoms with van der Waals surface area (Å²) in [5, 5.41) is 0. The molecule has 1 heterocycles. The maximum absolute atomic E-state index is 13.3. The Morgan fingerprint density at radius 2 is 1.70 bits per heavy atom. The van der Waals surface area contributed by atoms with E-state index in [1.54, 1.807) is 0 Å². The van der Waals surface area contributed by atoms with Gasteiger partial charge in [-0.1, -0.05) is 42.5 Å². The van der Waals surface area contributed by atoms with Crippen LogP contribution in [0.4, 0.5) is 18.0 Å². The van der Waals surface area contributed by atoms with Crippen molar-refractivity contribution in [3.63, 3.8) is 0 Å². The molecule has 1 aliphatic heterocycles. The quantitative estimate of drug-likeness (QED) is 0.674. The lowest BCUT2D eigenvalue weighted by Gasteiger charge is -2.25. The van der Waals surface area contributed by atoms with Gasteiger partial charge in [0.15, 0.2) is 0 Å². The molecule has 2 fully saturated rings. The summed E-state index contributed by atoms with van der Waals surface area (Å²) in [6.45, 7) is 0.150. The number of benzene rings is 2. The van der Waals surface area contributed by atoms with Crippen LogP contribution in [0.1, 0.15) is 29.5 Å². The highest BCUT2D eigenvalue weighted by atomic mass is 19.4. The number of carbonyl (C=O) groups is 2. The lowest BCUT2D eigenvalue weighted by Crippen LogP contribution is -2.44. The highest BCUT2D eigenvalue weighted by molar-refractivity contribution is 5.95. The molecule has 0 bridgehead atoms. The van der Waals surface area contributed by atoms with Gasteiger partial charge in [-0.25, -0.2) is 9.69 Å². The second-order valence-corrected chi connectivity index (χ2v) is 7.97. The fraction of sp³-hybridized carbons (Fsp3) is 0.391. The van der Waals surface area contributed by atoms with E-state index in [1.807, 2.05) is 30.3 Å². The van der Waals surface area contributed by atoms with E-state index in [0.717, 1.165) is 30.5 Å². The molecule has 0 aromatic heterocycles. The predicted octanol–water partition coefficient (Wildman–Crippen LogP) is 4.86. The van der Waals surface area contributed by atoms with Crippen LogP contribution in [-0.4, -0.2) is 29.5 Å². The van der Waals surface area contributed by atoms with E-state index in [4.69, 9.17) is 4.74 Å². The summed E-state index contributed by atoms with van der Waals surface area (Å²) in [4.78, 5) is 26.9. The lowest BCUT2D eigenvalue weighted by molar-refractivity contribution is -0.137. The Bertz CT molecular complexity index is 908. The molecule has 1 saturated carbocycles.